The monoisotopic (exact) mass is 174 g/mol. The van der Waals surface area contributed by atoms with Crippen molar-refractivity contribution < 1.29 is 9.90 Å². The zero-order valence-electron chi connectivity index (χ0n) is 7.55. The number of carboxylic acid groups (broad SMARTS) is 1. The summed E-state index contributed by atoms with van der Waals surface area (Å²) in [6, 6.07) is -0.681. The van der Waals surface area contributed by atoms with Crippen LogP contribution in [0.25, 0.3) is 0 Å². The molecule has 0 unspecified atom stereocenters. The highest BCUT2D eigenvalue weighted by molar-refractivity contribution is 5.72. The van der Waals surface area contributed by atoms with Crippen LogP contribution in [0.5, 0.6) is 0 Å². The Morgan fingerprint density at radius 2 is 2.17 bits per heavy atom. The average molecular weight is 174 g/mol. The third-order valence-corrected chi connectivity index (χ3v) is 1.76. The largest absolute Gasteiger partial charge is 0.480 e. The minimum absolute atomic E-state index is 0.582. The number of aliphatic carboxylic acids is 1. The van der Waals surface area contributed by atoms with Crippen molar-refractivity contribution in [2.24, 2.45) is 5.73 Å². The van der Waals surface area contributed by atoms with Crippen LogP contribution in [-0.4, -0.2) is 30.7 Å². The van der Waals surface area contributed by atoms with E-state index in [4.69, 9.17) is 10.8 Å². The molecule has 0 spiro atoms. The van der Waals surface area contributed by atoms with Gasteiger partial charge in [0.25, 0.3) is 0 Å². The van der Waals surface area contributed by atoms with Crippen molar-refractivity contribution in [3.05, 3.63) is 0 Å². The lowest BCUT2D eigenvalue weighted by atomic mass is 10.1. The summed E-state index contributed by atoms with van der Waals surface area (Å²) in [6.07, 6.45) is 3.61. The van der Waals surface area contributed by atoms with Crippen LogP contribution in [0, 0.1) is 0 Å². The molecule has 0 bridgehead atoms. The van der Waals surface area contributed by atoms with Gasteiger partial charge in [0.15, 0.2) is 0 Å². The van der Waals surface area contributed by atoms with Crippen LogP contribution in [0.1, 0.15) is 25.7 Å². The first-order chi connectivity index (χ1) is 5.68. The highest BCUT2D eigenvalue weighted by Gasteiger charge is 2.09. The fourth-order valence-electron chi connectivity index (χ4n) is 0.966. The van der Waals surface area contributed by atoms with Gasteiger partial charge < -0.3 is 16.2 Å². The maximum absolute atomic E-state index is 10.3. The summed E-state index contributed by atoms with van der Waals surface area (Å²) in [7, 11) is 1.91. The van der Waals surface area contributed by atoms with E-state index in [1.165, 1.54) is 0 Å². The molecule has 0 saturated heterocycles. The van der Waals surface area contributed by atoms with E-state index in [1.54, 1.807) is 0 Å². The van der Waals surface area contributed by atoms with E-state index in [0.717, 1.165) is 25.8 Å². The van der Waals surface area contributed by atoms with Gasteiger partial charge >= 0.3 is 5.97 Å². The predicted molar refractivity (Wildman–Crippen MR) is 48.0 cm³/mol. The van der Waals surface area contributed by atoms with E-state index < -0.39 is 12.0 Å². The van der Waals surface area contributed by atoms with Crippen LogP contribution in [0.15, 0.2) is 0 Å². The van der Waals surface area contributed by atoms with Crippen LogP contribution in [0.4, 0.5) is 0 Å². The van der Waals surface area contributed by atoms with E-state index >= 15 is 0 Å². The molecule has 1 atom stereocenters. The second-order valence-electron chi connectivity index (χ2n) is 2.90. The Morgan fingerprint density at radius 1 is 1.50 bits per heavy atom. The van der Waals surface area contributed by atoms with Gasteiger partial charge in [0, 0.05) is 0 Å². The molecule has 0 aliphatic heterocycles. The van der Waals surface area contributed by atoms with Crippen molar-refractivity contribution in [3.63, 3.8) is 0 Å². The van der Waals surface area contributed by atoms with Gasteiger partial charge in [-0.3, -0.25) is 4.79 Å². The third-order valence-electron chi connectivity index (χ3n) is 1.76. The molecule has 0 saturated carbocycles. The van der Waals surface area contributed by atoms with Gasteiger partial charge in [-0.05, 0) is 26.4 Å². The summed E-state index contributed by atoms with van der Waals surface area (Å²) in [5, 5.41) is 11.5. The van der Waals surface area contributed by atoms with E-state index in [2.05, 4.69) is 5.32 Å². The molecule has 4 heteroatoms. The summed E-state index contributed by atoms with van der Waals surface area (Å²) in [5.41, 5.74) is 5.32. The van der Waals surface area contributed by atoms with Crippen molar-refractivity contribution in [1.29, 1.82) is 0 Å². The summed E-state index contributed by atoms with van der Waals surface area (Å²) in [5.74, 6) is -0.899. The molecule has 72 valence electrons. The minimum atomic E-state index is -0.899. The molecule has 0 rings (SSSR count). The lowest BCUT2D eigenvalue weighted by molar-refractivity contribution is -0.138. The summed E-state index contributed by atoms with van der Waals surface area (Å²) in [4.78, 5) is 10.3. The molecule has 4 N–H and O–H groups in total. The first kappa shape index (κ1) is 11.4. The van der Waals surface area contributed by atoms with Gasteiger partial charge in [-0.2, -0.15) is 0 Å². The summed E-state index contributed by atoms with van der Waals surface area (Å²) in [6.45, 7) is 0.988. The van der Waals surface area contributed by atoms with Gasteiger partial charge in [-0.1, -0.05) is 12.8 Å². The van der Waals surface area contributed by atoms with Crippen LogP contribution >= 0.6 is 0 Å². The molecule has 12 heavy (non-hydrogen) atoms. The molecule has 0 aromatic carbocycles. The smallest absolute Gasteiger partial charge is 0.320 e. The molecule has 0 amide bonds. The zero-order chi connectivity index (χ0) is 9.40. The molecule has 0 fully saturated rings. The van der Waals surface area contributed by atoms with Crippen LogP contribution in [0.3, 0.4) is 0 Å². The van der Waals surface area contributed by atoms with Gasteiger partial charge in [-0.25, -0.2) is 0 Å². The average Bonchev–Trinajstić information content (AvgIpc) is 2.03. The first-order valence-corrected chi connectivity index (χ1v) is 4.31. The van der Waals surface area contributed by atoms with Crippen molar-refractivity contribution in [2.75, 3.05) is 13.6 Å². The van der Waals surface area contributed by atoms with E-state index in [0.29, 0.717) is 6.42 Å². The van der Waals surface area contributed by atoms with E-state index in [1.807, 2.05) is 7.05 Å². The molecular formula is C8H18N2O2. The zero-order valence-corrected chi connectivity index (χ0v) is 7.55. The quantitative estimate of drug-likeness (QED) is 0.481. The lowest BCUT2D eigenvalue weighted by Gasteiger charge is -2.05. The summed E-state index contributed by atoms with van der Waals surface area (Å²) >= 11 is 0. The SMILES string of the molecule is CNCCCCC[C@H](N)C(=O)O. The number of nitrogens with two attached hydrogens (primary N) is 1. The highest BCUT2D eigenvalue weighted by Crippen LogP contribution is 2.01. The molecule has 4 nitrogen and oxygen atoms in total. The lowest BCUT2D eigenvalue weighted by Crippen LogP contribution is -2.29. The van der Waals surface area contributed by atoms with E-state index in [9.17, 15) is 4.79 Å². The van der Waals surface area contributed by atoms with Crippen LogP contribution < -0.4 is 11.1 Å². The molecule has 0 aliphatic carbocycles. The Hall–Kier alpha value is -0.610. The summed E-state index contributed by atoms with van der Waals surface area (Å²) < 4.78 is 0. The molecule has 0 heterocycles. The molecular weight excluding hydrogens is 156 g/mol. The third kappa shape index (κ3) is 6.12. The first-order valence-electron chi connectivity index (χ1n) is 4.31. The van der Waals surface area contributed by atoms with Crippen molar-refractivity contribution >= 4 is 5.97 Å². The van der Waals surface area contributed by atoms with Crippen LogP contribution in [0.2, 0.25) is 0 Å². The van der Waals surface area contributed by atoms with Crippen molar-refractivity contribution in [3.8, 4) is 0 Å². The number of rotatable bonds is 7. The standard InChI is InChI=1S/C8H18N2O2/c1-10-6-4-2-3-5-7(9)8(11)12/h7,10H,2-6,9H2,1H3,(H,11,12)/t7-/m0/s1. The molecule has 0 aromatic rings. The second kappa shape index (κ2) is 7.06. The minimum Gasteiger partial charge on any atom is -0.480 e. The molecule has 0 radical (unpaired) electrons. The van der Waals surface area contributed by atoms with E-state index in [-0.39, 0.29) is 0 Å². The number of unbranched alkanes of at least 4 members (excludes halogenated alkanes) is 2. The Bertz CT molecular complexity index is 128. The number of nitrogens with one attached hydrogen (secondary N) is 1. The van der Waals surface area contributed by atoms with Gasteiger partial charge in [0.2, 0.25) is 0 Å². The number of carboxylic acids is 1. The second-order valence-corrected chi connectivity index (χ2v) is 2.90. The van der Waals surface area contributed by atoms with Gasteiger partial charge in [0.05, 0.1) is 0 Å². The van der Waals surface area contributed by atoms with Crippen molar-refractivity contribution in [2.45, 2.75) is 31.7 Å². The maximum atomic E-state index is 10.3. The fraction of sp³-hybridized carbons (Fsp3) is 0.875. The van der Waals surface area contributed by atoms with Gasteiger partial charge in [-0.15, -0.1) is 0 Å². The van der Waals surface area contributed by atoms with Crippen molar-refractivity contribution in [1.82, 2.24) is 5.32 Å². The Morgan fingerprint density at radius 3 is 2.67 bits per heavy atom. The molecule has 0 aromatic heterocycles. The van der Waals surface area contributed by atoms with Crippen LogP contribution in [-0.2, 0) is 4.79 Å². The predicted octanol–water partition coefficient (Wildman–Crippen LogP) is 0.178. The number of hydrogen-bond acceptors (Lipinski definition) is 3. The Balaban J connectivity index is 3.14. The maximum Gasteiger partial charge on any atom is 0.320 e. The number of carbonyl (C=O) groups is 1. The normalized spacial score (nSPS) is 12.8. The topological polar surface area (TPSA) is 75.3 Å². The number of hydrogen-bond donors (Lipinski definition) is 3. The Labute approximate surface area is 73.1 Å². The Kier molecular flexibility index (Phi) is 6.70. The fourth-order valence-corrected chi connectivity index (χ4v) is 0.966. The molecule has 0 aliphatic rings. The highest BCUT2D eigenvalue weighted by atomic mass is 16.4. The van der Waals surface area contributed by atoms with Gasteiger partial charge in [0.1, 0.15) is 6.04 Å².